The normalized spacial score (nSPS) is 13.2. The zero-order valence-corrected chi connectivity index (χ0v) is 12.6. The summed E-state index contributed by atoms with van der Waals surface area (Å²) in [4.78, 5) is 0. The Bertz CT molecular complexity index is 547. The fraction of sp³-hybridized carbons (Fsp3) is 0.529. The SMILES string of the molecule is CCCNC(CCC(C)C)c1cc2cccc(F)c2o1. The van der Waals surface area contributed by atoms with Gasteiger partial charge in [-0.1, -0.05) is 32.9 Å². The average Bonchev–Trinajstić information content (AvgIpc) is 2.84. The van der Waals surface area contributed by atoms with Crippen LogP contribution >= 0.6 is 0 Å². The smallest absolute Gasteiger partial charge is 0.169 e. The van der Waals surface area contributed by atoms with Gasteiger partial charge in [0.05, 0.1) is 6.04 Å². The van der Waals surface area contributed by atoms with Crippen molar-refractivity contribution in [3.05, 3.63) is 35.8 Å². The topological polar surface area (TPSA) is 25.2 Å². The highest BCUT2D eigenvalue weighted by Gasteiger charge is 2.17. The quantitative estimate of drug-likeness (QED) is 0.766. The minimum absolute atomic E-state index is 0.171. The van der Waals surface area contributed by atoms with Crippen molar-refractivity contribution in [2.24, 2.45) is 5.92 Å². The number of nitrogens with one attached hydrogen (secondary N) is 1. The highest BCUT2D eigenvalue weighted by molar-refractivity contribution is 5.78. The van der Waals surface area contributed by atoms with Crippen LogP contribution in [0.2, 0.25) is 0 Å². The molecular formula is C17H24FNO. The van der Waals surface area contributed by atoms with E-state index in [0.717, 1.165) is 37.0 Å². The minimum atomic E-state index is -0.285. The van der Waals surface area contributed by atoms with Gasteiger partial charge in [0, 0.05) is 5.39 Å². The number of para-hydroxylation sites is 1. The molecule has 2 nitrogen and oxygen atoms in total. The summed E-state index contributed by atoms with van der Waals surface area (Å²) in [5, 5.41) is 4.35. The van der Waals surface area contributed by atoms with Gasteiger partial charge in [0.1, 0.15) is 5.76 Å². The maximum absolute atomic E-state index is 13.7. The van der Waals surface area contributed by atoms with E-state index in [1.165, 1.54) is 6.07 Å². The van der Waals surface area contributed by atoms with Crippen molar-refractivity contribution in [3.8, 4) is 0 Å². The van der Waals surface area contributed by atoms with Crippen molar-refractivity contribution >= 4 is 11.0 Å². The summed E-state index contributed by atoms with van der Waals surface area (Å²) < 4.78 is 19.5. The van der Waals surface area contributed by atoms with Gasteiger partial charge >= 0.3 is 0 Å². The van der Waals surface area contributed by atoms with E-state index >= 15 is 0 Å². The lowest BCUT2D eigenvalue weighted by molar-refractivity contribution is 0.379. The second-order valence-electron chi connectivity index (χ2n) is 5.78. The number of halogens is 1. The molecular weight excluding hydrogens is 253 g/mol. The number of hydrogen-bond donors (Lipinski definition) is 1. The molecule has 0 fully saturated rings. The van der Waals surface area contributed by atoms with Crippen LogP contribution in [0.15, 0.2) is 28.7 Å². The third kappa shape index (κ3) is 3.60. The number of furan rings is 1. The van der Waals surface area contributed by atoms with E-state index in [0.29, 0.717) is 11.5 Å². The van der Waals surface area contributed by atoms with E-state index in [4.69, 9.17) is 4.42 Å². The first-order chi connectivity index (χ1) is 9.61. The van der Waals surface area contributed by atoms with Crippen LogP contribution in [-0.4, -0.2) is 6.54 Å². The lowest BCUT2D eigenvalue weighted by atomic mass is 10.0. The molecule has 1 atom stereocenters. The van der Waals surface area contributed by atoms with E-state index in [1.807, 2.05) is 12.1 Å². The molecule has 0 saturated heterocycles. The van der Waals surface area contributed by atoms with Crippen LogP contribution in [0.25, 0.3) is 11.0 Å². The van der Waals surface area contributed by atoms with E-state index in [9.17, 15) is 4.39 Å². The van der Waals surface area contributed by atoms with Gasteiger partial charge in [-0.05, 0) is 43.9 Å². The second-order valence-corrected chi connectivity index (χ2v) is 5.78. The fourth-order valence-corrected chi connectivity index (χ4v) is 2.38. The molecule has 110 valence electrons. The molecule has 0 aliphatic rings. The number of fused-ring (bicyclic) bond motifs is 1. The molecule has 1 N–H and O–H groups in total. The Morgan fingerprint density at radius 1 is 1.25 bits per heavy atom. The van der Waals surface area contributed by atoms with Gasteiger partial charge in [0.2, 0.25) is 0 Å². The van der Waals surface area contributed by atoms with Crippen LogP contribution in [0, 0.1) is 11.7 Å². The van der Waals surface area contributed by atoms with Crippen LogP contribution in [0.3, 0.4) is 0 Å². The molecule has 0 radical (unpaired) electrons. The molecule has 0 bridgehead atoms. The first kappa shape index (κ1) is 15.0. The lowest BCUT2D eigenvalue weighted by Gasteiger charge is -2.17. The molecule has 20 heavy (non-hydrogen) atoms. The number of hydrogen-bond acceptors (Lipinski definition) is 2. The van der Waals surface area contributed by atoms with Gasteiger partial charge in [-0.2, -0.15) is 0 Å². The van der Waals surface area contributed by atoms with Gasteiger partial charge < -0.3 is 9.73 Å². The van der Waals surface area contributed by atoms with Crippen molar-refractivity contribution in [2.75, 3.05) is 6.54 Å². The number of benzene rings is 1. The Morgan fingerprint density at radius 3 is 2.70 bits per heavy atom. The standard InChI is InChI=1S/C17H24FNO/c1-4-10-19-15(9-8-12(2)3)16-11-13-6-5-7-14(18)17(13)20-16/h5-7,11-12,15,19H,4,8-10H2,1-3H3. The molecule has 0 aliphatic heterocycles. The Hall–Kier alpha value is -1.35. The lowest BCUT2D eigenvalue weighted by Crippen LogP contribution is -2.22. The van der Waals surface area contributed by atoms with Crippen molar-refractivity contribution in [3.63, 3.8) is 0 Å². The first-order valence-electron chi connectivity index (χ1n) is 7.53. The highest BCUT2D eigenvalue weighted by atomic mass is 19.1. The van der Waals surface area contributed by atoms with Gasteiger partial charge in [0.25, 0.3) is 0 Å². The zero-order valence-electron chi connectivity index (χ0n) is 12.6. The molecule has 0 saturated carbocycles. The average molecular weight is 277 g/mol. The first-order valence-corrected chi connectivity index (χ1v) is 7.53. The van der Waals surface area contributed by atoms with Crippen LogP contribution in [0.5, 0.6) is 0 Å². The molecule has 1 aromatic heterocycles. The summed E-state index contributed by atoms with van der Waals surface area (Å²) in [5.74, 6) is 1.22. The molecule has 0 aliphatic carbocycles. The van der Waals surface area contributed by atoms with E-state index < -0.39 is 0 Å². The third-order valence-corrected chi connectivity index (χ3v) is 3.53. The monoisotopic (exact) mass is 277 g/mol. The van der Waals surface area contributed by atoms with E-state index in [-0.39, 0.29) is 11.9 Å². The highest BCUT2D eigenvalue weighted by Crippen LogP contribution is 2.29. The van der Waals surface area contributed by atoms with Crippen LogP contribution < -0.4 is 5.32 Å². The Balaban J connectivity index is 2.22. The summed E-state index contributed by atoms with van der Waals surface area (Å²) in [5.41, 5.74) is 0.371. The predicted molar refractivity (Wildman–Crippen MR) is 81.3 cm³/mol. The molecule has 1 heterocycles. The van der Waals surface area contributed by atoms with Crippen molar-refractivity contribution < 1.29 is 8.81 Å². The molecule has 0 amide bonds. The molecule has 2 aromatic rings. The van der Waals surface area contributed by atoms with Crippen LogP contribution in [0.1, 0.15) is 51.8 Å². The summed E-state index contributed by atoms with van der Waals surface area (Å²) in [6.07, 6.45) is 3.22. The molecule has 3 heteroatoms. The molecule has 1 unspecified atom stereocenters. The number of rotatable bonds is 7. The summed E-state index contributed by atoms with van der Waals surface area (Å²) in [6, 6.07) is 7.19. The van der Waals surface area contributed by atoms with Crippen LogP contribution in [-0.2, 0) is 0 Å². The van der Waals surface area contributed by atoms with Crippen LogP contribution in [0.4, 0.5) is 4.39 Å². The summed E-state index contributed by atoms with van der Waals surface area (Å²) in [6.45, 7) is 7.53. The van der Waals surface area contributed by atoms with Gasteiger partial charge in [-0.25, -0.2) is 4.39 Å². The maximum Gasteiger partial charge on any atom is 0.169 e. The van der Waals surface area contributed by atoms with Crippen molar-refractivity contribution in [2.45, 2.75) is 46.1 Å². The maximum atomic E-state index is 13.7. The Kier molecular flexibility index (Phi) is 5.18. The van der Waals surface area contributed by atoms with Crippen molar-refractivity contribution in [1.29, 1.82) is 0 Å². The third-order valence-electron chi connectivity index (χ3n) is 3.53. The predicted octanol–water partition coefficient (Wildman–Crippen LogP) is 5.05. The fourth-order valence-electron chi connectivity index (χ4n) is 2.38. The van der Waals surface area contributed by atoms with Gasteiger partial charge in [-0.3, -0.25) is 0 Å². The molecule has 0 spiro atoms. The summed E-state index contributed by atoms with van der Waals surface area (Å²) >= 11 is 0. The Labute approximate surface area is 120 Å². The van der Waals surface area contributed by atoms with Gasteiger partial charge in [0.15, 0.2) is 11.4 Å². The largest absolute Gasteiger partial charge is 0.456 e. The van der Waals surface area contributed by atoms with Gasteiger partial charge in [-0.15, -0.1) is 0 Å². The Morgan fingerprint density at radius 2 is 2.05 bits per heavy atom. The van der Waals surface area contributed by atoms with Crippen molar-refractivity contribution in [1.82, 2.24) is 5.32 Å². The zero-order chi connectivity index (χ0) is 14.5. The second kappa shape index (κ2) is 6.89. The summed E-state index contributed by atoms with van der Waals surface area (Å²) in [7, 11) is 0. The van der Waals surface area contributed by atoms with E-state index in [1.54, 1.807) is 6.07 Å². The molecule has 1 aromatic carbocycles. The minimum Gasteiger partial charge on any atom is -0.456 e. The molecule has 2 rings (SSSR count). The van der Waals surface area contributed by atoms with E-state index in [2.05, 4.69) is 26.1 Å².